The molecule has 0 saturated carbocycles. The van der Waals surface area contributed by atoms with Crippen LogP contribution in [-0.4, -0.2) is 11.9 Å². The quantitative estimate of drug-likeness (QED) is 0.812. The average molecular weight is 218 g/mol. The zero-order chi connectivity index (χ0) is 11.5. The minimum atomic E-state index is -0.0507. The Balaban J connectivity index is 2.04. The number of rotatable bonds is 3. The van der Waals surface area contributed by atoms with Gasteiger partial charge in [0.05, 0.1) is 6.04 Å². The zero-order valence-electron chi connectivity index (χ0n) is 9.73. The minimum Gasteiger partial charge on any atom is -0.335 e. The molecule has 16 heavy (non-hydrogen) atoms. The molecular formula is C13H18N2O. The molecule has 1 heterocycles. The molecule has 1 aliphatic rings. The van der Waals surface area contributed by atoms with Gasteiger partial charge in [-0.2, -0.15) is 0 Å². The Morgan fingerprint density at radius 3 is 2.56 bits per heavy atom. The van der Waals surface area contributed by atoms with Gasteiger partial charge in [0.15, 0.2) is 0 Å². The van der Waals surface area contributed by atoms with E-state index >= 15 is 0 Å². The maximum atomic E-state index is 11.7. The summed E-state index contributed by atoms with van der Waals surface area (Å²) < 4.78 is 0. The molecular weight excluding hydrogens is 200 g/mol. The first kappa shape index (κ1) is 11.1. The summed E-state index contributed by atoms with van der Waals surface area (Å²) in [5.41, 5.74) is 1.11. The molecule has 1 saturated heterocycles. The Labute approximate surface area is 96.2 Å². The number of amides is 1. The summed E-state index contributed by atoms with van der Waals surface area (Å²) in [7, 11) is 0. The van der Waals surface area contributed by atoms with Gasteiger partial charge in [-0.25, -0.2) is 0 Å². The first-order valence-corrected chi connectivity index (χ1v) is 5.78. The fraction of sp³-hybridized carbons (Fsp3) is 0.462. The van der Waals surface area contributed by atoms with E-state index in [-0.39, 0.29) is 18.1 Å². The second-order valence-electron chi connectivity index (χ2n) is 4.70. The van der Waals surface area contributed by atoms with Crippen LogP contribution in [0.4, 0.5) is 0 Å². The van der Waals surface area contributed by atoms with E-state index in [9.17, 15) is 4.79 Å². The summed E-state index contributed by atoms with van der Waals surface area (Å²) in [6, 6.07) is 9.94. The molecule has 0 radical (unpaired) electrons. The van der Waals surface area contributed by atoms with E-state index in [0.717, 1.165) is 12.0 Å². The van der Waals surface area contributed by atoms with Crippen molar-refractivity contribution in [3.63, 3.8) is 0 Å². The van der Waals surface area contributed by atoms with Crippen molar-refractivity contribution in [3.8, 4) is 0 Å². The van der Waals surface area contributed by atoms with Crippen LogP contribution in [0.15, 0.2) is 30.3 Å². The van der Waals surface area contributed by atoms with E-state index in [1.165, 1.54) is 0 Å². The van der Waals surface area contributed by atoms with E-state index in [0.29, 0.717) is 5.92 Å². The number of benzene rings is 1. The number of hydrogen-bond acceptors (Lipinski definition) is 2. The lowest BCUT2D eigenvalue weighted by atomic mass is 10.0. The molecule has 1 fully saturated rings. The van der Waals surface area contributed by atoms with Gasteiger partial charge in [-0.15, -0.1) is 0 Å². The van der Waals surface area contributed by atoms with Gasteiger partial charge in [0.2, 0.25) is 5.91 Å². The average Bonchev–Trinajstić information content (AvgIpc) is 2.61. The molecule has 1 aliphatic heterocycles. The van der Waals surface area contributed by atoms with Crippen LogP contribution in [-0.2, 0) is 4.79 Å². The SMILES string of the molecule is CC(C)C[C@@H]1NC(c2ccccc2)NC1=O. The smallest absolute Gasteiger partial charge is 0.238 e. The van der Waals surface area contributed by atoms with Crippen molar-refractivity contribution in [1.82, 2.24) is 10.6 Å². The molecule has 3 nitrogen and oxygen atoms in total. The Morgan fingerprint density at radius 2 is 1.94 bits per heavy atom. The van der Waals surface area contributed by atoms with Gasteiger partial charge < -0.3 is 5.32 Å². The van der Waals surface area contributed by atoms with Crippen molar-refractivity contribution < 1.29 is 4.79 Å². The first-order valence-electron chi connectivity index (χ1n) is 5.78. The van der Waals surface area contributed by atoms with Gasteiger partial charge in [0.1, 0.15) is 6.17 Å². The summed E-state index contributed by atoms with van der Waals surface area (Å²) in [4.78, 5) is 11.7. The van der Waals surface area contributed by atoms with Crippen molar-refractivity contribution in [2.24, 2.45) is 5.92 Å². The zero-order valence-corrected chi connectivity index (χ0v) is 9.73. The van der Waals surface area contributed by atoms with Crippen LogP contribution >= 0.6 is 0 Å². The van der Waals surface area contributed by atoms with Crippen LogP contribution in [0.3, 0.4) is 0 Å². The third kappa shape index (κ3) is 2.42. The number of nitrogens with one attached hydrogen (secondary N) is 2. The Hall–Kier alpha value is -1.35. The Kier molecular flexibility index (Phi) is 3.25. The van der Waals surface area contributed by atoms with Crippen molar-refractivity contribution in [2.45, 2.75) is 32.5 Å². The highest BCUT2D eigenvalue weighted by Crippen LogP contribution is 2.18. The normalized spacial score (nSPS) is 24.8. The molecule has 0 bridgehead atoms. The fourth-order valence-corrected chi connectivity index (χ4v) is 2.03. The Morgan fingerprint density at radius 1 is 1.25 bits per heavy atom. The van der Waals surface area contributed by atoms with Crippen LogP contribution in [0.5, 0.6) is 0 Å². The summed E-state index contributed by atoms with van der Waals surface area (Å²) in [5.74, 6) is 0.639. The first-order chi connectivity index (χ1) is 7.66. The fourth-order valence-electron chi connectivity index (χ4n) is 2.03. The van der Waals surface area contributed by atoms with E-state index < -0.39 is 0 Å². The van der Waals surface area contributed by atoms with Crippen LogP contribution in [0.2, 0.25) is 0 Å². The monoisotopic (exact) mass is 218 g/mol. The maximum Gasteiger partial charge on any atom is 0.238 e. The second kappa shape index (κ2) is 4.66. The van der Waals surface area contributed by atoms with E-state index in [4.69, 9.17) is 0 Å². The predicted octanol–water partition coefficient (Wildman–Crippen LogP) is 1.82. The van der Waals surface area contributed by atoms with Crippen molar-refractivity contribution in [2.75, 3.05) is 0 Å². The molecule has 2 atom stereocenters. The summed E-state index contributed by atoms with van der Waals surface area (Å²) >= 11 is 0. The van der Waals surface area contributed by atoms with E-state index in [1.54, 1.807) is 0 Å². The number of hydrogen-bond donors (Lipinski definition) is 2. The summed E-state index contributed by atoms with van der Waals surface area (Å²) in [6.07, 6.45) is 0.854. The van der Waals surface area contributed by atoms with Crippen LogP contribution < -0.4 is 10.6 Å². The third-order valence-corrected chi connectivity index (χ3v) is 2.81. The molecule has 0 aromatic heterocycles. The van der Waals surface area contributed by atoms with E-state index in [2.05, 4.69) is 24.5 Å². The Bertz CT molecular complexity index is 361. The molecule has 2 N–H and O–H groups in total. The largest absolute Gasteiger partial charge is 0.335 e. The van der Waals surface area contributed by atoms with Gasteiger partial charge in [0.25, 0.3) is 0 Å². The highest BCUT2D eigenvalue weighted by atomic mass is 16.2. The molecule has 3 heteroatoms. The molecule has 1 aromatic carbocycles. The van der Waals surface area contributed by atoms with Gasteiger partial charge in [-0.3, -0.25) is 10.1 Å². The molecule has 0 aliphatic carbocycles. The highest BCUT2D eigenvalue weighted by molar-refractivity contribution is 5.84. The van der Waals surface area contributed by atoms with Crippen molar-refractivity contribution in [1.29, 1.82) is 0 Å². The molecule has 2 rings (SSSR count). The van der Waals surface area contributed by atoms with Gasteiger partial charge in [0, 0.05) is 0 Å². The molecule has 0 spiro atoms. The topological polar surface area (TPSA) is 41.1 Å². The van der Waals surface area contributed by atoms with Crippen LogP contribution in [0, 0.1) is 5.92 Å². The van der Waals surface area contributed by atoms with Crippen molar-refractivity contribution >= 4 is 5.91 Å². The maximum absolute atomic E-state index is 11.7. The van der Waals surface area contributed by atoms with Gasteiger partial charge in [-0.05, 0) is 17.9 Å². The molecule has 1 aromatic rings. The number of carbonyl (C=O) groups is 1. The predicted molar refractivity (Wildman–Crippen MR) is 63.7 cm³/mol. The number of carbonyl (C=O) groups excluding carboxylic acids is 1. The lowest BCUT2D eigenvalue weighted by Crippen LogP contribution is -2.30. The standard InChI is InChI=1S/C13H18N2O/c1-9(2)8-11-13(16)15-12(14-11)10-6-4-3-5-7-10/h3-7,9,11-12,14H,8H2,1-2H3,(H,15,16)/t11-,12?/m0/s1. The van der Waals surface area contributed by atoms with Gasteiger partial charge >= 0.3 is 0 Å². The van der Waals surface area contributed by atoms with E-state index in [1.807, 2.05) is 30.3 Å². The second-order valence-corrected chi connectivity index (χ2v) is 4.70. The minimum absolute atomic E-state index is 0.0301. The third-order valence-electron chi connectivity index (χ3n) is 2.81. The molecule has 86 valence electrons. The molecule has 1 unspecified atom stereocenters. The van der Waals surface area contributed by atoms with Crippen LogP contribution in [0.25, 0.3) is 0 Å². The van der Waals surface area contributed by atoms with Crippen LogP contribution in [0.1, 0.15) is 32.0 Å². The highest BCUT2D eigenvalue weighted by Gasteiger charge is 2.31. The summed E-state index contributed by atoms with van der Waals surface area (Å²) in [5, 5.41) is 6.30. The lowest BCUT2D eigenvalue weighted by Gasteiger charge is -2.13. The van der Waals surface area contributed by atoms with Crippen molar-refractivity contribution in [3.05, 3.63) is 35.9 Å². The van der Waals surface area contributed by atoms with Gasteiger partial charge in [-0.1, -0.05) is 44.2 Å². The molecule has 1 amide bonds. The summed E-state index contributed by atoms with van der Waals surface area (Å²) in [6.45, 7) is 4.26. The lowest BCUT2D eigenvalue weighted by molar-refractivity contribution is -0.120.